The van der Waals surface area contributed by atoms with E-state index >= 15 is 0 Å². The number of H-pyrrole nitrogens is 1. The molecular formula is C18H24F4IN5O. The topological polar surface area (TPSA) is 72.5 Å². The summed E-state index contributed by atoms with van der Waals surface area (Å²) in [6.07, 6.45) is -2.09. The molecule has 1 aromatic carbocycles. The van der Waals surface area contributed by atoms with Gasteiger partial charge >= 0.3 is 6.18 Å². The van der Waals surface area contributed by atoms with Gasteiger partial charge < -0.3 is 20.5 Å². The Kier molecular flexibility index (Phi) is 9.66. The van der Waals surface area contributed by atoms with Crippen LogP contribution < -0.4 is 10.6 Å². The zero-order chi connectivity index (χ0) is 20.7. The molecule has 1 amide bonds. The molecule has 0 fully saturated rings. The Bertz CT molecular complexity index is 837. The lowest BCUT2D eigenvalue weighted by molar-refractivity contribution is -0.157. The zero-order valence-electron chi connectivity index (χ0n) is 16.1. The fourth-order valence-corrected chi connectivity index (χ4v) is 2.64. The third kappa shape index (κ3) is 8.07. The first-order valence-electron chi connectivity index (χ1n) is 8.78. The quantitative estimate of drug-likeness (QED) is 0.224. The van der Waals surface area contributed by atoms with Crippen molar-refractivity contribution in [3.05, 3.63) is 35.8 Å². The van der Waals surface area contributed by atoms with Crippen molar-refractivity contribution in [2.24, 2.45) is 4.99 Å². The standard InChI is InChI=1S/C18H23F4N5O.HI/c1-3-23-17(26-10-16(28)27(2)11-18(20,21)22)24-7-6-12-9-25-15-5-4-13(19)8-14(12)15;/h4-5,8-9,25H,3,6-7,10-11H2,1-2H3,(H2,23,24,26);1H. The number of carbonyl (C=O) groups is 1. The molecule has 11 heteroatoms. The second-order valence-corrected chi connectivity index (χ2v) is 6.24. The van der Waals surface area contributed by atoms with E-state index in [1.165, 1.54) is 12.1 Å². The van der Waals surface area contributed by atoms with Crippen LogP contribution in [-0.2, 0) is 11.2 Å². The molecule has 162 valence electrons. The lowest BCUT2D eigenvalue weighted by Crippen LogP contribution is -2.40. The van der Waals surface area contributed by atoms with E-state index in [4.69, 9.17) is 0 Å². The molecule has 0 aliphatic carbocycles. The lowest BCUT2D eigenvalue weighted by Gasteiger charge is -2.18. The summed E-state index contributed by atoms with van der Waals surface area (Å²) in [5, 5.41) is 6.73. The van der Waals surface area contributed by atoms with Crippen LogP contribution in [0, 0.1) is 5.82 Å². The van der Waals surface area contributed by atoms with Gasteiger partial charge in [-0.05, 0) is 37.1 Å². The normalized spacial score (nSPS) is 11.9. The number of carbonyl (C=O) groups excluding carboxylic acids is 1. The Balaban J connectivity index is 0.00000420. The summed E-state index contributed by atoms with van der Waals surface area (Å²) in [6.45, 7) is 1.08. The molecule has 0 aliphatic heterocycles. The number of rotatable bonds is 7. The van der Waals surface area contributed by atoms with Gasteiger partial charge in [0.15, 0.2) is 5.96 Å². The third-order valence-corrected chi connectivity index (χ3v) is 3.98. The van der Waals surface area contributed by atoms with E-state index in [9.17, 15) is 22.4 Å². The maximum atomic E-state index is 13.4. The minimum Gasteiger partial charge on any atom is -0.361 e. The second kappa shape index (κ2) is 11.2. The molecule has 2 rings (SSSR count). The number of alkyl halides is 3. The van der Waals surface area contributed by atoms with E-state index in [0.29, 0.717) is 30.4 Å². The van der Waals surface area contributed by atoms with E-state index in [1.54, 1.807) is 12.3 Å². The zero-order valence-corrected chi connectivity index (χ0v) is 18.4. The third-order valence-electron chi connectivity index (χ3n) is 3.98. The number of hydrogen-bond acceptors (Lipinski definition) is 2. The Labute approximate surface area is 183 Å². The summed E-state index contributed by atoms with van der Waals surface area (Å²) in [5.74, 6) is -0.735. The number of likely N-dealkylation sites (N-methyl/N-ethyl adjacent to an activating group) is 1. The van der Waals surface area contributed by atoms with Crippen molar-refractivity contribution in [1.29, 1.82) is 0 Å². The number of fused-ring (bicyclic) bond motifs is 1. The highest BCUT2D eigenvalue weighted by molar-refractivity contribution is 14.0. The van der Waals surface area contributed by atoms with Crippen LogP contribution in [0.25, 0.3) is 10.9 Å². The van der Waals surface area contributed by atoms with Gasteiger partial charge in [0, 0.05) is 37.2 Å². The van der Waals surface area contributed by atoms with Crippen LogP contribution in [0.3, 0.4) is 0 Å². The van der Waals surface area contributed by atoms with Crippen molar-refractivity contribution in [2.45, 2.75) is 19.5 Å². The van der Waals surface area contributed by atoms with Crippen LogP contribution >= 0.6 is 24.0 Å². The number of aromatic nitrogens is 1. The predicted molar refractivity (Wildman–Crippen MR) is 115 cm³/mol. The number of nitrogens with zero attached hydrogens (tertiary/aromatic N) is 2. The summed E-state index contributed by atoms with van der Waals surface area (Å²) in [5.41, 5.74) is 1.74. The van der Waals surface area contributed by atoms with E-state index in [0.717, 1.165) is 23.5 Å². The first kappa shape index (κ1) is 25.0. The van der Waals surface area contributed by atoms with Crippen molar-refractivity contribution in [3.8, 4) is 0 Å². The SMILES string of the molecule is CCNC(=NCC(=O)N(C)CC(F)(F)F)NCCc1c[nH]c2ccc(F)cc12.I. The molecule has 1 aromatic heterocycles. The van der Waals surface area contributed by atoms with Gasteiger partial charge in [-0.3, -0.25) is 4.79 Å². The highest BCUT2D eigenvalue weighted by Gasteiger charge is 2.31. The van der Waals surface area contributed by atoms with E-state index in [1.807, 2.05) is 6.92 Å². The van der Waals surface area contributed by atoms with Gasteiger partial charge in [-0.25, -0.2) is 9.38 Å². The molecule has 0 bridgehead atoms. The monoisotopic (exact) mass is 529 g/mol. The number of aromatic amines is 1. The Hall–Kier alpha value is -2.05. The van der Waals surface area contributed by atoms with Gasteiger partial charge in [-0.2, -0.15) is 13.2 Å². The second-order valence-electron chi connectivity index (χ2n) is 6.24. The smallest absolute Gasteiger partial charge is 0.361 e. The predicted octanol–water partition coefficient (Wildman–Crippen LogP) is 3.04. The van der Waals surface area contributed by atoms with Crippen LogP contribution in [0.1, 0.15) is 12.5 Å². The highest BCUT2D eigenvalue weighted by Crippen LogP contribution is 2.19. The molecule has 6 nitrogen and oxygen atoms in total. The summed E-state index contributed by atoms with van der Waals surface area (Å²) < 4.78 is 50.5. The minimum absolute atomic E-state index is 0. The summed E-state index contributed by atoms with van der Waals surface area (Å²) in [7, 11) is 1.09. The van der Waals surface area contributed by atoms with Crippen molar-refractivity contribution < 1.29 is 22.4 Å². The van der Waals surface area contributed by atoms with Crippen molar-refractivity contribution >= 4 is 46.7 Å². The van der Waals surface area contributed by atoms with Gasteiger partial charge in [-0.15, -0.1) is 24.0 Å². The minimum atomic E-state index is -4.45. The van der Waals surface area contributed by atoms with Gasteiger partial charge in [0.2, 0.25) is 5.91 Å². The van der Waals surface area contributed by atoms with E-state index in [2.05, 4.69) is 20.6 Å². The maximum Gasteiger partial charge on any atom is 0.406 e. The Morgan fingerprint density at radius 2 is 2.00 bits per heavy atom. The molecule has 0 atom stereocenters. The largest absolute Gasteiger partial charge is 0.406 e. The molecule has 1 heterocycles. The summed E-state index contributed by atoms with van der Waals surface area (Å²) >= 11 is 0. The molecule has 0 spiro atoms. The number of nitrogens with one attached hydrogen (secondary N) is 3. The molecule has 0 unspecified atom stereocenters. The number of aliphatic imine (C=N–C) groups is 1. The Morgan fingerprint density at radius 1 is 1.28 bits per heavy atom. The molecule has 0 radical (unpaired) electrons. The lowest BCUT2D eigenvalue weighted by atomic mass is 10.1. The van der Waals surface area contributed by atoms with E-state index in [-0.39, 0.29) is 29.8 Å². The molecule has 2 aromatic rings. The molecule has 0 saturated carbocycles. The summed E-state index contributed by atoms with van der Waals surface area (Å²) in [4.78, 5) is 19.5. The average Bonchev–Trinajstić information content (AvgIpc) is 3.00. The van der Waals surface area contributed by atoms with Crippen LogP contribution in [-0.4, -0.2) is 61.2 Å². The van der Waals surface area contributed by atoms with Crippen LogP contribution in [0.4, 0.5) is 17.6 Å². The summed E-state index contributed by atoms with van der Waals surface area (Å²) in [6, 6.07) is 4.50. The molecule has 0 aliphatic rings. The average molecular weight is 529 g/mol. The molecule has 29 heavy (non-hydrogen) atoms. The van der Waals surface area contributed by atoms with Crippen LogP contribution in [0.2, 0.25) is 0 Å². The fraction of sp³-hybridized carbons (Fsp3) is 0.444. The fourth-order valence-electron chi connectivity index (χ4n) is 2.64. The van der Waals surface area contributed by atoms with Crippen LogP contribution in [0.15, 0.2) is 29.4 Å². The van der Waals surface area contributed by atoms with Gasteiger partial charge in [0.25, 0.3) is 0 Å². The number of amides is 1. The van der Waals surface area contributed by atoms with Gasteiger partial charge in [0.1, 0.15) is 18.9 Å². The van der Waals surface area contributed by atoms with Crippen molar-refractivity contribution in [1.82, 2.24) is 20.5 Å². The highest BCUT2D eigenvalue weighted by atomic mass is 127. The van der Waals surface area contributed by atoms with Gasteiger partial charge in [0.05, 0.1) is 0 Å². The first-order valence-corrected chi connectivity index (χ1v) is 8.78. The Morgan fingerprint density at radius 3 is 2.66 bits per heavy atom. The number of halogens is 5. The van der Waals surface area contributed by atoms with Crippen molar-refractivity contribution in [3.63, 3.8) is 0 Å². The molecular weight excluding hydrogens is 505 g/mol. The van der Waals surface area contributed by atoms with E-state index < -0.39 is 25.2 Å². The number of guanidine groups is 1. The molecule has 3 N–H and O–H groups in total. The maximum absolute atomic E-state index is 13.4. The molecule has 0 saturated heterocycles. The van der Waals surface area contributed by atoms with Crippen molar-refractivity contribution in [2.75, 3.05) is 33.2 Å². The first-order chi connectivity index (χ1) is 13.2. The number of hydrogen-bond donors (Lipinski definition) is 3. The van der Waals surface area contributed by atoms with Crippen LogP contribution in [0.5, 0.6) is 0 Å². The number of benzene rings is 1. The van der Waals surface area contributed by atoms with Gasteiger partial charge in [-0.1, -0.05) is 0 Å².